The number of anilines is 1. The van der Waals surface area contributed by atoms with Gasteiger partial charge in [0.15, 0.2) is 11.5 Å². The van der Waals surface area contributed by atoms with Crippen molar-refractivity contribution in [3.63, 3.8) is 0 Å². The molecule has 2 aromatic rings. The molecule has 0 aromatic heterocycles. The number of benzene rings is 2. The number of nitrogens with zero attached hydrogens (tertiary/aromatic N) is 1. The molecule has 7 nitrogen and oxygen atoms in total. The van der Waals surface area contributed by atoms with Gasteiger partial charge in [0, 0.05) is 24.1 Å². The van der Waals surface area contributed by atoms with E-state index in [4.69, 9.17) is 9.47 Å². The molecule has 0 saturated carbocycles. The zero-order valence-corrected chi connectivity index (χ0v) is 17.5. The Kier molecular flexibility index (Phi) is 8.62. The van der Waals surface area contributed by atoms with Crippen molar-refractivity contribution >= 4 is 23.7 Å². The first kappa shape index (κ1) is 22.7. The minimum Gasteiger partial charge on any atom is -0.493 e. The van der Waals surface area contributed by atoms with E-state index in [1.165, 1.54) is 6.21 Å². The maximum Gasteiger partial charge on any atom is 0.240 e. The molecule has 2 aromatic carbocycles. The van der Waals surface area contributed by atoms with Gasteiger partial charge in [-0.25, -0.2) is 5.43 Å². The number of carbonyl (C=O) groups is 2. The predicted octanol–water partition coefficient (Wildman–Crippen LogP) is 3.75. The summed E-state index contributed by atoms with van der Waals surface area (Å²) in [6, 6.07) is 11.0. The summed E-state index contributed by atoms with van der Waals surface area (Å²) in [5, 5.41) is 6.79. The number of hydrogen-bond acceptors (Lipinski definition) is 5. The van der Waals surface area contributed by atoms with Crippen molar-refractivity contribution in [2.45, 2.75) is 26.7 Å². The van der Waals surface area contributed by atoms with Crippen LogP contribution >= 0.6 is 0 Å². The van der Waals surface area contributed by atoms with E-state index in [9.17, 15) is 9.59 Å². The van der Waals surface area contributed by atoms with E-state index in [1.807, 2.05) is 32.0 Å². The SMILES string of the molecule is C=CCOc1c(C=NNC(=O)CCC(=O)Nc2cccc(C)c2C)cccc1OC. The molecular weight excluding hydrogens is 382 g/mol. The van der Waals surface area contributed by atoms with Crippen LogP contribution in [-0.2, 0) is 9.59 Å². The third-order valence-electron chi connectivity index (χ3n) is 4.43. The van der Waals surface area contributed by atoms with Gasteiger partial charge >= 0.3 is 0 Å². The first-order chi connectivity index (χ1) is 14.5. The van der Waals surface area contributed by atoms with Crippen molar-refractivity contribution in [3.05, 3.63) is 65.7 Å². The topological polar surface area (TPSA) is 89.0 Å². The van der Waals surface area contributed by atoms with Crippen LogP contribution in [0.25, 0.3) is 0 Å². The van der Waals surface area contributed by atoms with Gasteiger partial charge in [0.2, 0.25) is 11.8 Å². The number of para-hydroxylation sites is 1. The molecule has 0 aliphatic heterocycles. The molecule has 2 N–H and O–H groups in total. The minimum atomic E-state index is -0.362. The van der Waals surface area contributed by atoms with Gasteiger partial charge in [-0.05, 0) is 43.2 Å². The number of ether oxygens (including phenoxy) is 2. The molecule has 0 aliphatic rings. The van der Waals surface area contributed by atoms with Gasteiger partial charge in [0.25, 0.3) is 0 Å². The van der Waals surface area contributed by atoms with Crippen molar-refractivity contribution in [2.24, 2.45) is 5.10 Å². The third kappa shape index (κ3) is 6.48. The lowest BCUT2D eigenvalue weighted by Crippen LogP contribution is -2.21. The monoisotopic (exact) mass is 409 g/mol. The van der Waals surface area contributed by atoms with Gasteiger partial charge in [0.1, 0.15) is 6.61 Å². The van der Waals surface area contributed by atoms with Crippen LogP contribution < -0.4 is 20.2 Å². The molecule has 0 radical (unpaired) electrons. The van der Waals surface area contributed by atoms with Crippen LogP contribution in [0.3, 0.4) is 0 Å². The van der Waals surface area contributed by atoms with E-state index in [0.29, 0.717) is 23.7 Å². The van der Waals surface area contributed by atoms with Crippen molar-refractivity contribution < 1.29 is 19.1 Å². The van der Waals surface area contributed by atoms with Gasteiger partial charge in [-0.3, -0.25) is 9.59 Å². The highest BCUT2D eigenvalue weighted by molar-refractivity contribution is 5.94. The van der Waals surface area contributed by atoms with Crippen LogP contribution in [0.4, 0.5) is 5.69 Å². The van der Waals surface area contributed by atoms with Gasteiger partial charge in [0.05, 0.1) is 13.3 Å². The highest BCUT2D eigenvalue weighted by atomic mass is 16.5. The normalized spacial score (nSPS) is 10.5. The molecular formula is C23H27N3O4. The van der Waals surface area contributed by atoms with E-state index < -0.39 is 0 Å². The fourth-order valence-electron chi connectivity index (χ4n) is 2.65. The molecule has 0 spiro atoms. The summed E-state index contributed by atoms with van der Waals surface area (Å²) in [7, 11) is 1.54. The van der Waals surface area contributed by atoms with Gasteiger partial charge in [-0.2, -0.15) is 5.10 Å². The maximum absolute atomic E-state index is 12.1. The molecule has 2 amide bonds. The van der Waals surface area contributed by atoms with Crippen molar-refractivity contribution in [2.75, 3.05) is 19.0 Å². The lowest BCUT2D eigenvalue weighted by molar-refractivity contribution is -0.124. The Morgan fingerprint density at radius 1 is 1.10 bits per heavy atom. The molecule has 0 bridgehead atoms. The van der Waals surface area contributed by atoms with Gasteiger partial charge in [-0.15, -0.1) is 0 Å². The van der Waals surface area contributed by atoms with E-state index in [2.05, 4.69) is 22.4 Å². The third-order valence-corrected chi connectivity index (χ3v) is 4.43. The summed E-state index contributed by atoms with van der Waals surface area (Å²) in [4.78, 5) is 24.1. The van der Waals surface area contributed by atoms with Crippen LogP contribution in [0, 0.1) is 13.8 Å². The first-order valence-corrected chi connectivity index (χ1v) is 9.55. The van der Waals surface area contributed by atoms with Crippen molar-refractivity contribution in [1.29, 1.82) is 0 Å². The number of amides is 2. The summed E-state index contributed by atoms with van der Waals surface area (Å²) in [6.07, 6.45) is 3.17. The molecule has 30 heavy (non-hydrogen) atoms. The molecule has 0 aliphatic carbocycles. The highest BCUT2D eigenvalue weighted by Crippen LogP contribution is 2.30. The fraction of sp³-hybridized carbons (Fsp3) is 0.261. The number of nitrogens with one attached hydrogen (secondary N) is 2. The first-order valence-electron chi connectivity index (χ1n) is 9.55. The van der Waals surface area contributed by atoms with E-state index >= 15 is 0 Å². The highest BCUT2D eigenvalue weighted by Gasteiger charge is 2.10. The number of aryl methyl sites for hydroxylation is 1. The Labute approximate surface area is 176 Å². The largest absolute Gasteiger partial charge is 0.493 e. The molecule has 0 heterocycles. The quantitative estimate of drug-likeness (QED) is 0.355. The second-order valence-electron chi connectivity index (χ2n) is 6.57. The molecule has 2 rings (SSSR count). The Bertz CT molecular complexity index is 938. The number of hydrazone groups is 1. The van der Waals surface area contributed by atoms with Crippen LogP contribution in [0.2, 0.25) is 0 Å². The number of hydrogen-bond donors (Lipinski definition) is 2. The fourth-order valence-corrected chi connectivity index (χ4v) is 2.65. The lowest BCUT2D eigenvalue weighted by Gasteiger charge is -2.11. The number of carbonyl (C=O) groups excluding carboxylic acids is 2. The summed E-state index contributed by atoms with van der Waals surface area (Å²) < 4.78 is 10.9. The Morgan fingerprint density at radius 3 is 2.57 bits per heavy atom. The summed E-state index contributed by atoms with van der Waals surface area (Å²) in [5.41, 5.74) is 5.92. The second kappa shape index (κ2) is 11.4. The van der Waals surface area contributed by atoms with Gasteiger partial charge < -0.3 is 14.8 Å². The minimum absolute atomic E-state index is 0.0198. The van der Waals surface area contributed by atoms with Crippen LogP contribution in [0.1, 0.15) is 29.5 Å². The zero-order valence-electron chi connectivity index (χ0n) is 17.5. The lowest BCUT2D eigenvalue weighted by atomic mass is 10.1. The van der Waals surface area contributed by atoms with Crippen LogP contribution in [-0.4, -0.2) is 31.7 Å². The number of methoxy groups -OCH3 is 1. The van der Waals surface area contributed by atoms with Crippen LogP contribution in [0.15, 0.2) is 54.2 Å². The van der Waals surface area contributed by atoms with Crippen molar-refractivity contribution in [1.82, 2.24) is 5.43 Å². The summed E-state index contributed by atoms with van der Waals surface area (Å²) in [6.45, 7) is 7.86. The molecule has 0 unspecified atom stereocenters. The Morgan fingerprint density at radius 2 is 1.83 bits per heavy atom. The second-order valence-corrected chi connectivity index (χ2v) is 6.57. The summed E-state index contributed by atoms with van der Waals surface area (Å²) >= 11 is 0. The smallest absolute Gasteiger partial charge is 0.240 e. The maximum atomic E-state index is 12.1. The predicted molar refractivity (Wildman–Crippen MR) is 118 cm³/mol. The van der Waals surface area contributed by atoms with Crippen LogP contribution in [0.5, 0.6) is 11.5 Å². The average molecular weight is 409 g/mol. The molecule has 0 saturated heterocycles. The molecule has 7 heteroatoms. The van der Waals surface area contributed by atoms with E-state index in [1.54, 1.807) is 31.4 Å². The molecule has 0 atom stereocenters. The summed E-state index contributed by atoms with van der Waals surface area (Å²) in [5.74, 6) is 0.468. The molecule has 158 valence electrons. The average Bonchev–Trinajstić information content (AvgIpc) is 2.74. The standard InChI is InChI=1S/C23H27N3O4/c1-5-14-30-23-18(9-7-11-20(23)29-4)15-24-26-22(28)13-12-21(27)25-19-10-6-8-16(2)17(19)3/h5-11,15H,1,12-14H2,2-4H3,(H,25,27)(H,26,28). The number of rotatable bonds is 10. The Balaban J connectivity index is 1.88. The Hall–Kier alpha value is -3.61. The van der Waals surface area contributed by atoms with Crippen molar-refractivity contribution in [3.8, 4) is 11.5 Å². The van der Waals surface area contributed by atoms with E-state index in [0.717, 1.165) is 16.8 Å². The molecule has 0 fully saturated rings. The van der Waals surface area contributed by atoms with Gasteiger partial charge in [-0.1, -0.05) is 30.9 Å². The van der Waals surface area contributed by atoms with E-state index in [-0.39, 0.29) is 24.7 Å². The zero-order chi connectivity index (χ0) is 21.9.